The second kappa shape index (κ2) is 6.78. The molecule has 0 saturated heterocycles. The van der Waals surface area contributed by atoms with Gasteiger partial charge in [0.15, 0.2) is 0 Å². The summed E-state index contributed by atoms with van der Waals surface area (Å²) in [6.07, 6.45) is -4.85. The first kappa shape index (κ1) is 17.9. The third kappa shape index (κ3) is 3.54. The largest absolute Gasteiger partial charge is 0.419 e. The van der Waals surface area contributed by atoms with Crippen LogP contribution in [-0.2, 0) is 12.7 Å². The molecule has 0 bridgehead atoms. The zero-order valence-corrected chi connectivity index (χ0v) is 13.8. The summed E-state index contributed by atoms with van der Waals surface area (Å²) in [5.41, 5.74) is 0.0256. The normalized spacial score (nSPS) is 11.7. The number of amides is 1. The molecule has 0 unspecified atom stereocenters. The molecule has 3 aromatic rings. The van der Waals surface area contributed by atoms with E-state index in [0.29, 0.717) is 18.7 Å². The molecule has 0 fully saturated rings. The lowest BCUT2D eigenvalue weighted by molar-refractivity contribution is -0.140. The first-order valence-electron chi connectivity index (χ1n) is 7.84. The van der Waals surface area contributed by atoms with Gasteiger partial charge in [0, 0.05) is 18.7 Å². The Morgan fingerprint density at radius 1 is 1.19 bits per heavy atom. The second-order valence-electron chi connectivity index (χ2n) is 5.75. The summed E-state index contributed by atoms with van der Waals surface area (Å²) in [6.45, 7) is 2.43. The lowest BCUT2D eigenvalue weighted by Gasteiger charge is -2.11. The highest BCUT2D eigenvalue weighted by Gasteiger charge is 2.34. The Morgan fingerprint density at radius 2 is 1.92 bits per heavy atom. The average Bonchev–Trinajstić information content (AvgIpc) is 2.90. The number of rotatable bonds is 4. The number of para-hydroxylation sites is 2. The smallest absolute Gasteiger partial charge is 0.350 e. The fraction of sp³-hybridized carbons (Fsp3) is 0.222. The van der Waals surface area contributed by atoms with E-state index in [1.807, 2.05) is 35.8 Å². The summed E-state index contributed by atoms with van der Waals surface area (Å²) in [7, 11) is 0. The number of alkyl halides is 3. The fourth-order valence-corrected chi connectivity index (χ4v) is 2.75. The molecule has 0 aliphatic heterocycles. The SMILES string of the molecule is Cc1nc2ccccc2n1CCNC(=O)c1ccc(F)c(C(F)(F)F)c1. The molecular formula is C18H15F4N3O. The Kier molecular flexibility index (Phi) is 4.67. The number of hydrogen-bond acceptors (Lipinski definition) is 2. The molecule has 1 aromatic heterocycles. The average molecular weight is 365 g/mol. The summed E-state index contributed by atoms with van der Waals surface area (Å²) in [4.78, 5) is 16.5. The van der Waals surface area contributed by atoms with Gasteiger partial charge in [-0.15, -0.1) is 0 Å². The standard InChI is InChI=1S/C18H15F4N3O/c1-11-24-15-4-2-3-5-16(15)25(11)9-8-23-17(26)12-6-7-14(19)13(10-12)18(20,21)22/h2-7,10H,8-9H2,1H3,(H,23,26). The Balaban J connectivity index is 1.70. The predicted octanol–water partition coefficient (Wildman–Crippen LogP) is 3.93. The molecule has 3 rings (SSSR count). The number of halogens is 4. The van der Waals surface area contributed by atoms with Gasteiger partial charge in [0.05, 0.1) is 16.6 Å². The van der Waals surface area contributed by atoms with Gasteiger partial charge in [-0.3, -0.25) is 4.79 Å². The number of hydrogen-bond donors (Lipinski definition) is 1. The summed E-state index contributed by atoms with van der Waals surface area (Å²) in [5.74, 6) is -1.34. The maximum absolute atomic E-state index is 13.3. The number of carbonyl (C=O) groups is 1. The van der Waals surface area contributed by atoms with E-state index in [9.17, 15) is 22.4 Å². The predicted molar refractivity (Wildman–Crippen MR) is 88.2 cm³/mol. The molecule has 1 N–H and O–H groups in total. The van der Waals surface area contributed by atoms with Crippen LogP contribution in [0.15, 0.2) is 42.5 Å². The van der Waals surface area contributed by atoms with Crippen LogP contribution in [0.2, 0.25) is 0 Å². The topological polar surface area (TPSA) is 46.9 Å². The number of benzene rings is 2. The van der Waals surface area contributed by atoms with Gasteiger partial charge >= 0.3 is 6.18 Å². The molecule has 8 heteroatoms. The van der Waals surface area contributed by atoms with Crippen LogP contribution in [0, 0.1) is 12.7 Å². The lowest BCUT2D eigenvalue weighted by Crippen LogP contribution is -2.28. The van der Waals surface area contributed by atoms with Crippen molar-refractivity contribution in [2.75, 3.05) is 6.54 Å². The van der Waals surface area contributed by atoms with Crippen molar-refractivity contribution in [1.29, 1.82) is 0 Å². The maximum atomic E-state index is 13.3. The number of imidazole rings is 1. The molecule has 136 valence electrons. The first-order valence-corrected chi connectivity index (χ1v) is 7.84. The highest BCUT2D eigenvalue weighted by atomic mass is 19.4. The van der Waals surface area contributed by atoms with Crippen LogP contribution in [0.25, 0.3) is 11.0 Å². The molecule has 0 atom stereocenters. The van der Waals surface area contributed by atoms with Gasteiger partial charge in [-0.25, -0.2) is 9.37 Å². The highest BCUT2D eigenvalue weighted by Crippen LogP contribution is 2.31. The van der Waals surface area contributed by atoms with Crippen molar-refractivity contribution in [2.24, 2.45) is 0 Å². The van der Waals surface area contributed by atoms with E-state index in [1.54, 1.807) is 0 Å². The number of carbonyl (C=O) groups excluding carboxylic acids is 1. The van der Waals surface area contributed by atoms with Crippen LogP contribution in [0.1, 0.15) is 21.7 Å². The van der Waals surface area contributed by atoms with Crippen molar-refractivity contribution < 1.29 is 22.4 Å². The number of nitrogens with one attached hydrogen (secondary N) is 1. The van der Waals surface area contributed by atoms with Crippen LogP contribution in [0.5, 0.6) is 0 Å². The van der Waals surface area contributed by atoms with Crippen LogP contribution >= 0.6 is 0 Å². The van der Waals surface area contributed by atoms with Crippen molar-refractivity contribution in [3.63, 3.8) is 0 Å². The monoisotopic (exact) mass is 365 g/mol. The van der Waals surface area contributed by atoms with E-state index in [0.717, 1.165) is 22.9 Å². The van der Waals surface area contributed by atoms with Crippen molar-refractivity contribution in [2.45, 2.75) is 19.6 Å². The van der Waals surface area contributed by atoms with Crippen LogP contribution in [0.3, 0.4) is 0 Å². The zero-order chi connectivity index (χ0) is 18.9. The molecule has 26 heavy (non-hydrogen) atoms. The molecule has 1 heterocycles. The molecule has 4 nitrogen and oxygen atoms in total. The molecule has 0 radical (unpaired) electrons. The first-order chi connectivity index (χ1) is 12.3. The van der Waals surface area contributed by atoms with Gasteiger partial charge < -0.3 is 9.88 Å². The van der Waals surface area contributed by atoms with Crippen LogP contribution in [0.4, 0.5) is 17.6 Å². The minimum absolute atomic E-state index is 0.193. The molecule has 0 aliphatic carbocycles. The molecular weight excluding hydrogens is 350 g/mol. The van der Waals surface area contributed by atoms with E-state index in [1.165, 1.54) is 0 Å². The summed E-state index contributed by atoms with van der Waals surface area (Å²) < 4.78 is 53.4. The number of nitrogens with zero attached hydrogens (tertiary/aromatic N) is 2. The second-order valence-corrected chi connectivity index (χ2v) is 5.75. The van der Waals surface area contributed by atoms with Gasteiger partial charge in [0.1, 0.15) is 11.6 Å². The van der Waals surface area contributed by atoms with E-state index in [-0.39, 0.29) is 12.1 Å². The Labute approximate surface area is 146 Å². The minimum atomic E-state index is -4.85. The van der Waals surface area contributed by atoms with Crippen molar-refractivity contribution >= 4 is 16.9 Å². The Hall–Kier alpha value is -2.90. The van der Waals surface area contributed by atoms with Crippen LogP contribution < -0.4 is 5.32 Å². The quantitative estimate of drug-likeness (QED) is 0.712. The van der Waals surface area contributed by atoms with Gasteiger partial charge in [-0.05, 0) is 37.3 Å². The van der Waals surface area contributed by atoms with Gasteiger partial charge in [0.25, 0.3) is 5.91 Å². The van der Waals surface area contributed by atoms with E-state index >= 15 is 0 Å². The highest BCUT2D eigenvalue weighted by molar-refractivity contribution is 5.94. The van der Waals surface area contributed by atoms with Crippen LogP contribution in [-0.4, -0.2) is 22.0 Å². The van der Waals surface area contributed by atoms with E-state index in [2.05, 4.69) is 10.3 Å². The summed E-state index contributed by atoms with van der Waals surface area (Å²) >= 11 is 0. The molecule has 0 spiro atoms. The fourth-order valence-electron chi connectivity index (χ4n) is 2.75. The molecule has 0 aliphatic rings. The lowest BCUT2D eigenvalue weighted by atomic mass is 10.1. The zero-order valence-electron chi connectivity index (χ0n) is 13.8. The molecule has 0 saturated carbocycles. The van der Waals surface area contributed by atoms with Crippen molar-refractivity contribution in [1.82, 2.24) is 14.9 Å². The third-order valence-electron chi connectivity index (χ3n) is 4.00. The summed E-state index contributed by atoms with van der Waals surface area (Å²) in [6, 6.07) is 9.69. The van der Waals surface area contributed by atoms with Gasteiger partial charge in [-0.2, -0.15) is 13.2 Å². The van der Waals surface area contributed by atoms with Gasteiger partial charge in [-0.1, -0.05) is 12.1 Å². The molecule has 1 amide bonds. The van der Waals surface area contributed by atoms with E-state index < -0.39 is 23.5 Å². The minimum Gasteiger partial charge on any atom is -0.350 e. The van der Waals surface area contributed by atoms with Crippen molar-refractivity contribution in [3.8, 4) is 0 Å². The molecule has 2 aromatic carbocycles. The maximum Gasteiger partial charge on any atom is 0.419 e. The van der Waals surface area contributed by atoms with Gasteiger partial charge in [0.2, 0.25) is 0 Å². The number of fused-ring (bicyclic) bond motifs is 1. The number of aromatic nitrogens is 2. The van der Waals surface area contributed by atoms with Crippen molar-refractivity contribution in [3.05, 3.63) is 65.2 Å². The number of aryl methyl sites for hydroxylation is 1. The third-order valence-corrected chi connectivity index (χ3v) is 4.00. The summed E-state index contributed by atoms with van der Waals surface area (Å²) in [5, 5.41) is 2.55. The van der Waals surface area contributed by atoms with E-state index in [4.69, 9.17) is 0 Å². The Bertz CT molecular complexity index is 963. The Morgan fingerprint density at radius 3 is 2.65 bits per heavy atom.